The van der Waals surface area contributed by atoms with Crippen molar-refractivity contribution >= 4 is 34.6 Å². The Morgan fingerprint density at radius 1 is 1.00 bits per heavy atom. The molecule has 2 saturated heterocycles. The van der Waals surface area contributed by atoms with Crippen LogP contribution in [0.15, 0.2) is 48.5 Å². The summed E-state index contributed by atoms with van der Waals surface area (Å²) in [4.78, 5) is 41.1. The first kappa shape index (κ1) is 20.8. The van der Waals surface area contributed by atoms with Crippen LogP contribution in [0, 0.1) is 10.1 Å². The fourth-order valence-corrected chi connectivity index (χ4v) is 4.06. The molecule has 0 radical (unpaired) electrons. The number of hydrogen-bond acceptors (Lipinski definition) is 6. The molecule has 0 aromatic heterocycles. The third-order valence-corrected chi connectivity index (χ3v) is 5.71. The number of hydrogen-bond donors (Lipinski definition) is 1. The van der Waals surface area contributed by atoms with Crippen molar-refractivity contribution in [2.45, 2.75) is 12.8 Å². The summed E-state index contributed by atoms with van der Waals surface area (Å²) in [7, 11) is 0. The minimum Gasteiger partial charge on any atom is -0.369 e. The maximum atomic E-state index is 12.6. The van der Waals surface area contributed by atoms with Gasteiger partial charge in [-0.25, -0.2) is 0 Å². The molecule has 2 heterocycles. The van der Waals surface area contributed by atoms with Crippen molar-refractivity contribution in [1.82, 2.24) is 4.90 Å². The smallest absolute Gasteiger partial charge is 0.269 e. The van der Waals surface area contributed by atoms with Gasteiger partial charge in [-0.1, -0.05) is 12.1 Å². The average molecular weight is 423 g/mol. The highest BCUT2D eigenvalue weighted by atomic mass is 16.6. The lowest BCUT2D eigenvalue weighted by molar-refractivity contribution is -0.384. The summed E-state index contributed by atoms with van der Waals surface area (Å²) in [5.74, 6) is -0.0213. The summed E-state index contributed by atoms with van der Waals surface area (Å²) in [6.07, 6.45) is 1.38. The van der Waals surface area contributed by atoms with Crippen molar-refractivity contribution in [2.75, 3.05) is 54.4 Å². The molecule has 2 amide bonds. The number of nitro groups is 1. The number of carbonyl (C=O) groups excluding carboxylic acids is 2. The topological polar surface area (TPSA) is 99.0 Å². The van der Waals surface area contributed by atoms with Gasteiger partial charge in [0.15, 0.2) is 0 Å². The van der Waals surface area contributed by atoms with Gasteiger partial charge in [-0.3, -0.25) is 24.6 Å². The minimum atomic E-state index is -0.405. The predicted molar refractivity (Wildman–Crippen MR) is 118 cm³/mol. The van der Waals surface area contributed by atoms with Gasteiger partial charge >= 0.3 is 0 Å². The van der Waals surface area contributed by atoms with E-state index in [9.17, 15) is 19.7 Å². The zero-order valence-corrected chi connectivity index (χ0v) is 17.2. The molecule has 0 aliphatic carbocycles. The van der Waals surface area contributed by atoms with E-state index in [0.29, 0.717) is 18.7 Å². The number of anilines is 3. The highest BCUT2D eigenvalue weighted by Crippen LogP contribution is 2.29. The number of para-hydroxylation sites is 2. The van der Waals surface area contributed by atoms with Crippen molar-refractivity contribution in [2.24, 2.45) is 0 Å². The molecule has 0 bridgehead atoms. The van der Waals surface area contributed by atoms with Gasteiger partial charge in [-0.15, -0.1) is 0 Å². The van der Waals surface area contributed by atoms with Crippen LogP contribution in [0.25, 0.3) is 0 Å². The van der Waals surface area contributed by atoms with Gasteiger partial charge in [0.05, 0.1) is 22.8 Å². The van der Waals surface area contributed by atoms with Crippen LogP contribution >= 0.6 is 0 Å². The van der Waals surface area contributed by atoms with Crippen molar-refractivity contribution in [3.05, 3.63) is 58.6 Å². The first-order valence-electron chi connectivity index (χ1n) is 10.4. The summed E-state index contributed by atoms with van der Waals surface area (Å²) in [5, 5.41) is 13.8. The molecule has 31 heavy (non-hydrogen) atoms. The maximum absolute atomic E-state index is 12.6. The molecule has 0 atom stereocenters. The van der Waals surface area contributed by atoms with Crippen LogP contribution in [0.1, 0.15) is 12.8 Å². The van der Waals surface area contributed by atoms with Gasteiger partial charge < -0.3 is 15.1 Å². The minimum absolute atomic E-state index is 0.0787. The highest BCUT2D eigenvalue weighted by molar-refractivity contribution is 6.02. The Hall–Kier alpha value is -3.46. The first-order valence-corrected chi connectivity index (χ1v) is 10.4. The van der Waals surface area contributed by atoms with Crippen LogP contribution in [0.4, 0.5) is 22.7 Å². The molecule has 2 aliphatic heterocycles. The van der Waals surface area contributed by atoms with E-state index >= 15 is 0 Å². The zero-order valence-electron chi connectivity index (χ0n) is 17.2. The van der Waals surface area contributed by atoms with E-state index in [1.807, 2.05) is 24.3 Å². The van der Waals surface area contributed by atoms with Gasteiger partial charge in [0.1, 0.15) is 0 Å². The molecule has 162 valence electrons. The molecule has 2 aliphatic rings. The Morgan fingerprint density at radius 2 is 1.71 bits per heavy atom. The quantitative estimate of drug-likeness (QED) is 0.566. The lowest BCUT2D eigenvalue weighted by Crippen LogP contribution is -2.48. The molecule has 1 N–H and O–H groups in total. The molecule has 2 aromatic rings. The Labute approximate surface area is 180 Å². The van der Waals surface area contributed by atoms with Crippen molar-refractivity contribution in [1.29, 1.82) is 0 Å². The Balaban J connectivity index is 1.31. The standard InChI is InChI=1S/C22H25N5O4/c28-21(23-19-4-1-2-5-20(19)26-11-3-6-22(26)29)16-24-12-14-25(15-13-24)17-7-9-18(10-8-17)27(30)31/h1-2,4-5,7-10H,3,6,11-16H2,(H,23,28). The Morgan fingerprint density at radius 3 is 2.35 bits per heavy atom. The monoisotopic (exact) mass is 423 g/mol. The highest BCUT2D eigenvalue weighted by Gasteiger charge is 2.25. The molecule has 2 fully saturated rings. The summed E-state index contributed by atoms with van der Waals surface area (Å²) >= 11 is 0. The normalized spacial score (nSPS) is 17.1. The largest absolute Gasteiger partial charge is 0.369 e. The SMILES string of the molecule is O=C(CN1CCN(c2ccc([N+](=O)[O-])cc2)CC1)Nc1ccccc1N1CCCC1=O. The molecular formula is C22H25N5O4. The lowest BCUT2D eigenvalue weighted by atomic mass is 10.2. The number of amides is 2. The fourth-order valence-electron chi connectivity index (χ4n) is 4.06. The summed E-state index contributed by atoms with van der Waals surface area (Å²) in [5.41, 5.74) is 2.43. The van der Waals surface area contributed by atoms with Crippen molar-refractivity contribution in [3.8, 4) is 0 Å². The number of nitro benzene ring substituents is 1. The molecule has 2 aromatic carbocycles. The lowest BCUT2D eigenvalue weighted by Gasteiger charge is -2.35. The maximum Gasteiger partial charge on any atom is 0.269 e. The molecule has 0 unspecified atom stereocenters. The number of piperazine rings is 1. The van der Waals surface area contributed by atoms with E-state index in [-0.39, 0.29) is 24.0 Å². The van der Waals surface area contributed by atoms with Gasteiger partial charge in [0.2, 0.25) is 11.8 Å². The van der Waals surface area contributed by atoms with E-state index < -0.39 is 4.92 Å². The zero-order chi connectivity index (χ0) is 21.8. The Bertz CT molecular complexity index is 970. The second kappa shape index (κ2) is 9.13. The van der Waals surface area contributed by atoms with Crippen LogP contribution in [0.3, 0.4) is 0 Å². The first-order chi connectivity index (χ1) is 15.0. The van der Waals surface area contributed by atoms with E-state index in [4.69, 9.17) is 0 Å². The fraction of sp³-hybridized carbons (Fsp3) is 0.364. The number of nitrogens with zero attached hydrogens (tertiary/aromatic N) is 4. The number of benzene rings is 2. The van der Waals surface area contributed by atoms with Gasteiger partial charge in [0.25, 0.3) is 5.69 Å². The molecule has 9 nitrogen and oxygen atoms in total. The van der Waals surface area contributed by atoms with E-state index in [1.165, 1.54) is 12.1 Å². The van der Waals surface area contributed by atoms with Gasteiger partial charge in [-0.05, 0) is 30.7 Å². The van der Waals surface area contributed by atoms with Crippen LogP contribution in [0.2, 0.25) is 0 Å². The second-order valence-corrected chi connectivity index (χ2v) is 7.75. The number of nitrogens with one attached hydrogen (secondary N) is 1. The average Bonchev–Trinajstić information content (AvgIpc) is 3.20. The molecule has 4 rings (SSSR count). The number of carbonyl (C=O) groups is 2. The number of rotatable bonds is 6. The van der Waals surface area contributed by atoms with E-state index in [0.717, 1.165) is 44.0 Å². The van der Waals surface area contributed by atoms with Crippen molar-refractivity contribution < 1.29 is 14.5 Å². The number of non-ortho nitro benzene ring substituents is 1. The molecule has 9 heteroatoms. The van der Waals surface area contributed by atoms with Gasteiger partial charge in [0, 0.05) is 57.0 Å². The Kier molecular flexibility index (Phi) is 6.13. The summed E-state index contributed by atoms with van der Waals surface area (Å²) in [6.45, 7) is 3.87. The van der Waals surface area contributed by atoms with Crippen LogP contribution in [0.5, 0.6) is 0 Å². The summed E-state index contributed by atoms with van der Waals surface area (Å²) < 4.78 is 0. The van der Waals surface area contributed by atoms with E-state index in [1.54, 1.807) is 17.0 Å². The molecule has 0 saturated carbocycles. The van der Waals surface area contributed by atoms with Crippen molar-refractivity contribution in [3.63, 3.8) is 0 Å². The van der Waals surface area contributed by atoms with Crippen LogP contribution in [-0.2, 0) is 9.59 Å². The third kappa shape index (κ3) is 4.83. The third-order valence-electron chi connectivity index (χ3n) is 5.71. The molecular weight excluding hydrogens is 398 g/mol. The predicted octanol–water partition coefficient (Wildman–Crippen LogP) is 2.48. The van der Waals surface area contributed by atoms with Gasteiger partial charge in [-0.2, -0.15) is 0 Å². The second-order valence-electron chi connectivity index (χ2n) is 7.75. The summed E-state index contributed by atoms with van der Waals surface area (Å²) in [6, 6.07) is 14.0. The molecule has 0 spiro atoms. The van der Waals surface area contributed by atoms with Crippen LogP contribution in [-0.4, -0.2) is 60.9 Å². The van der Waals surface area contributed by atoms with E-state index in [2.05, 4.69) is 15.1 Å². The van der Waals surface area contributed by atoms with Crippen LogP contribution < -0.4 is 15.1 Å².